The van der Waals surface area contributed by atoms with Gasteiger partial charge in [-0.3, -0.25) is 4.79 Å². The molecule has 1 rings (SSSR count). The van der Waals surface area contributed by atoms with Gasteiger partial charge in [-0.1, -0.05) is 0 Å². The number of carbonyl (C=O) groups is 2. The van der Waals surface area contributed by atoms with Crippen LogP contribution < -0.4 is 9.84 Å². The normalized spacial score (nSPS) is 11.1. The first-order valence-electron chi connectivity index (χ1n) is 4.50. The van der Waals surface area contributed by atoms with Crippen LogP contribution in [0.5, 0.6) is 17.2 Å². The summed E-state index contributed by atoms with van der Waals surface area (Å²) in [7, 11) is 0. The molecule has 0 aromatic heterocycles. The molecule has 1 aromatic carbocycles. The highest BCUT2D eigenvalue weighted by Crippen LogP contribution is 2.34. The highest BCUT2D eigenvalue weighted by molar-refractivity contribution is 5.99. The van der Waals surface area contributed by atoms with E-state index in [1.807, 2.05) is 0 Å². The second kappa shape index (κ2) is 4.47. The van der Waals surface area contributed by atoms with Crippen LogP contribution in [0.25, 0.3) is 0 Å². The first-order valence-corrected chi connectivity index (χ1v) is 4.50. The molecule has 0 aliphatic heterocycles. The van der Waals surface area contributed by atoms with Crippen molar-refractivity contribution in [2.24, 2.45) is 0 Å². The molecule has 0 radical (unpaired) electrons. The van der Waals surface area contributed by atoms with Crippen molar-refractivity contribution in [1.82, 2.24) is 0 Å². The number of ketones is 1. The molecule has 1 aromatic rings. The molecule has 6 nitrogen and oxygen atoms in total. The van der Waals surface area contributed by atoms with Crippen LogP contribution in [-0.4, -0.2) is 28.1 Å². The van der Waals surface area contributed by atoms with Crippen LogP contribution >= 0.6 is 0 Å². The third-order valence-corrected chi connectivity index (χ3v) is 1.91. The Morgan fingerprint density at radius 2 is 1.72 bits per heavy atom. The summed E-state index contributed by atoms with van der Waals surface area (Å²) >= 11 is 0. The van der Waals surface area contributed by atoms with Gasteiger partial charge in [-0.15, -0.1) is 0 Å². The van der Waals surface area contributed by atoms with Crippen molar-refractivity contribution in [2.75, 3.05) is 0 Å². The van der Waals surface area contributed by atoms with Crippen molar-refractivity contribution in [2.45, 2.75) is 13.0 Å². The molecule has 0 aliphatic rings. The summed E-state index contributed by atoms with van der Waals surface area (Å²) in [5.74, 6) is -5.94. The summed E-state index contributed by atoms with van der Waals surface area (Å²) in [5, 5.41) is 28.6. The molecule has 0 atom stereocenters. The molecule has 2 N–H and O–H groups in total. The maximum atomic E-state index is 12.6. The number of carboxylic acids is 1. The van der Waals surface area contributed by atoms with E-state index in [1.54, 1.807) is 0 Å². The number of rotatable bonds is 4. The molecule has 0 saturated heterocycles. The highest BCUT2D eigenvalue weighted by Gasteiger charge is 2.34. The number of hydrogen-bond donors (Lipinski definition) is 2. The molecular weight excluding hydrogens is 254 g/mol. The number of alkyl halides is 2. The van der Waals surface area contributed by atoms with E-state index in [9.17, 15) is 33.7 Å². The van der Waals surface area contributed by atoms with Gasteiger partial charge < -0.3 is 24.9 Å². The number of Topliss-reactive ketones (excluding diaryl/α,β-unsaturated/α-hetero) is 1. The fourth-order valence-corrected chi connectivity index (χ4v) is 1.20. The summed E-state index contributed by atoms with van der Waals surface area (Å²) in [6.45, 7) is 1.03. The number of hydrogen-bond acceptors (Lipinski definition) is 6. The Balaban J connectivity index is 3.16. The quantitative estimate of drug-likeness (QED) is 0.740. The SMILES string of the molecule is CC(=O)c1c(O)cc(OC(F)(F)C(=O)[O-])cc1O. The Bertz CT molecular complexity index is 488. The zero-order valence-electron chi connectivity index (χ0n) is 8.94. The lowest BCUT2D eigenvalue weighted by molar-refractivity contribution is -0.350. The summed E-state index contributed by atoms with van der Waals surface area (Å²) in [5.41, 5.74) is -0.487. The number of phenolic OH excluding ortho intramolecular Hbond substituents is 2. The minimum Gasteiger partial charge on any atom is -0.541 e. The van der Waals surface area contributed by atoms with Crippen molar-refractivity contribution in [3.8, 4) is 17.2 Å². The second-order valence-electron chi connectivity index (χ2n) is 3.30. The summed E-state index contributed by atoms with van der Waals surface area (Å²) in [6, 6.07) is 1.15. The Morgan fingerprint density at radius 3 is 2.06 bits per heavy atom. The molecule has 18 heavy (non-hydrogen) atoms. The van der Waals surface area contributed by atoms with E-state index >= 15 is 0 Å². The van der Waals surface area contributed by atoms with Gasteiger partial charge in [0.25, 0.3) is 0 Å². The number of aromatic hydroxyl groups is 2. The predicted octanol–water partition coefficient (Wildman–Crippen LogP) is 0.0219. The van der Waals surface area contributed by atoms with Crippen molar-refractivity contribution in [3.05, 3.63) is 17.7 Å². The largest absolute Gasteiger partial charge is 0.541 e. The van der Waals surface area contributed by atoms with Crippen LogP contribution in [0.4, 0.5) is 8.78 Å². The summed E-state index contributed by atoms with van der Waals surface area (Å²) < 4.78 is 29.0. The molecule has 0 heterocycles. The molecule has 0 fully saturated rings. The lowest BCUT2D eigenvalue weighted by Gasteiger charge is -2.19. The predicted molar refractivity (Wildman–Crippen MR) is 50.4 cm³/mol. The van der Waals surface area contributed by atoms with Crippen molar-refractivity contribution in [1.29, 1.82) is 0 Å². The smallest absolute Gasteiger partial charge is 0.441 e. The van der Waals surface area contributed by atoms with Crippen molar-refractivity contribution < 1.29 is 38.4 Å². The fourth-order valence-electron chi connectivity index (χ4n) is 1.20. The van der Waals surface area contributed by atoms with Crippen molar-refractivity contribution in [3.63, 3.8) is 0 Å². The van der Waals surface area contributed by atoms with Gasteiger partial charge >= 0.3 is 6.11 Å². The van der Waals surface area contributed by atoms with E-state index < -0.39 is 40.7 Å². The Kier molecular flexibility index (Phi) is 3.40. The summed E-state index contributed by atoms with van der Waals surface area (Å²) in [6.07, 6.45) is -4.63. The van der Waals surface area contributed by atoms with Gasteiger partial charge in [-0.05, 0) is 6.92 Å². The molecule has 0 aliphatic carbocycles. The van der Waals surface area contributed by atoms with Gasteiger partial charge in [0, 0.05) is 12.1 Å². The third kappa shape index (κ3) is 2.65. The average Bonchev–Trinajstić information content (AvgIpc) is 2.13. The maximum Gasteiger partial charge on any atom is 0.441 e. The van der Waals surface area contributed by atoms with Gasteiger partial charge in [0.2, 0.25) is 0 Å². The molecule has 0 amide bonds. The van der Waals surface area contributed by atoms with E-state index in [1.165, 1.54) is 0 Å². The number of aliphatic carboxylic acids is 1. The number of carbonyl (C=O) groups excluding carboxylic acids is 2. The number of halogens is 2. The van der Waals surface area contributed by atoms with Crippen LogP contribution in [-0.2, 0) is 4.79 Å². The van der Waals surface area contributed by atoms with Gasteiger partial charge in [-0.2, -0.15) is 8.78 Å². The van der Waals surface area contributed by atoms with E-state index in [0.717, 1.165) is 6.92 Å². The summed E-state index contributed by atoms with van der Waals surface area (Å²) in [4.78, 5) is 21.0. The number of carboxylic acid groups (broad SMARTS) is 1. The molecule has 0 bridgehead atoms. The fraction of sp³-hybridized carbons (Fsp3) is 0.200. The topological polar surface area (TPSA) is 107 Å². The van der Waals surface area contributed by atoms with E-state index in [2.05, 4.69) is 4.74 Å². The standard InChI is InChI=1S/C10H8F2O6/c1-4(13)8-6(14)2-5(3-7(8)15)18-10(11,12)9(16)17/h2-3,14-15H,1H3,(H,16,17)/p-1. The molecule has 0 spiro atoms. The second-order valence-corrected chi connectivity index (χ2v) is 3.30. The Hall–Kier alpha value is -2.38. The van der Waals surface area contributed by atoms with E-state index in [4.69, 9.17) is 0 Å². The minimum absolute atomic E-state index is 0.487. The number of phenols is 2. The molecule has 8 heteroatoms. The Labute approximate surface area is 99.0 Å². The first-order chi connectivity index (χ1) is 8.15. The van der Waals surface area contributed by atoms with Crippen LogP contribution in [0.1, 0.15) is 17.3 Å². The molecule has 0 saturated carbocycles. The van der Waals surface area contributed by atoms with E-state index in [0.29, 0.717) is 12.1 Å². The molecule has 98 valence electrons. The van der Waals surface area contributed by atoms with E-state index in [-0.39, 0.29) is 0 Å². The van der Waals surface area contributed by atoms with Gasteiger partial charge in [0.05, 0.1) is 0 Å². The van der Waals surface area contributed by atoms with Gasteiger partial charge in [0.15, 0.2) is 11.8 Å². The maximum absolute atomic E-state index is 12.6. The highest BCUT2D eigenvalue weighted by atomic mass is 19.3. The zero-order chi connectivity index (χ0) is 14.1. The lowest BCUT2D eigenvalue weighted by Crippen LogP contribution is -2.45. The van der Waals surface area contributed by atoms with Gasteiger partial charge in [0.1, 0.15) is 22.8 Å². The first kappa shape index (κ1) is 13.7. The average molecular weight is 261 g/mol. The van der Waals surface area contributed by atoms with Crippen LogP contribution in [0.3, 0.4) is 0 Å². The molecular formula is C10H7F2O6-. The molecule has 0 unspecified atom stereocenters. The lowest BCUT2D eigenvalue weighted by atomic mass is 10.1. The zero-order valence-corrected chi connectivity index (χ0v) is 8.94. The monoisotopic (exact) mass is 261 g/mol. The Morgan fingerprint density at radius 1 is 1.28 bits per heavy atom. The third-order valence-electron chi connectivity index (χ3n) is 1.91. The van der Waals surface area contributed by atoms with Crippen molar-refractivity contribution >= 4 is 11.8 Å². The number of ether oxygens (including phenoxy) is 1. The van der Waals surface area contributed by atoms with Gasteiger partial charge in [-0.25, -0.2) is 0 Å². The van der Waals surface area contributed by atoms with Crippen LogP contribution in [0, 0.1) is 0 Å². The van der Waals surface area contributed by atoms with Crippen LogP contribution in [0.15, 0.2) is 12.1 Å². The number of benzene rings is 1. The van der Waals surface area contributed by atoms with Crippen LogP contribution in [0.2, 0.25) is 0 Å². The minimum atomic E-state index is -4.63.